The fourth-order valence-electron chi connectivity index (χ4n) is 0. The Bertz CT molecular complexity index is 35.8. The number of rotatable bonds is 0. The zero-order valence-corrected chi connectivity index (χ0v) is 16.2. The molecule has 0 rings (SSSR count). The van der Waals surface area contributed by atoms with Crippen molar-refractivity contribution in [1.82, 2.24) is 0 Å². The molecule has 3 heteroatoms. The van der Waals surface area contributed by atoms with E-state index >= 15 is 0 Å². The van der Waals surface area contributed by atoms with Crippen LogP contribution >= 0.6 is 0 Å². The third kappa shape index (κ3) is 346. The van der Waals surface area contributed by atoms with Crippen molar-refractivity contribution in [2.45, 2.75) is 42.7 Å². The van der Waals surface area contributed by atoms with Gasteiger partial charge in [0.05, 0.1) is 0 Å². The molecule has 0 spiro atoms. The summed E-state index contributed by atoms with van der Waals surface area (Å²) in [7, 11) is 1.08. The van der Waals surface area contributed by atoms with Crippen LogP contribution < -0.4 is 0 Å². The second-order valence-corrected chi connectivity index (χ2v) is 21.6. The molecule has 68 valence electrons. The molecule has 0 fully saturated rings. The first kappa shape index (κ1) is 18.6. The molecular formula is C8H24SiSn2. The summed E-state index contributed by atoms with van der Waals surface area (Å²) < 4.78 is 0. The van der Waals surface area contributed by atoms with Crippen molar-refractivity contribution in [2.75, 3.05) is 0 Å². The first-order valence-corrected chi connectivity index (χ1v) is 23.1. The van der Waals surface area contributed by atoms with Gasteiger partial charge in [-0.2, -0.15) is 0 Å². The topological polar surface area (TPSA) is 0 Å². The Morgan fingerprint density at radius 2 is 0.636 bits per heavy atom. The summed E-state index contributed by atoms with van der Waals surface area (Å²) in [5.74, 6) is 0. The molecule has 0 heterocycles. The Morgan fingerprint density at radius 1 is 0.636 bits per heavy atom. The minimum atomic E-state index is -0.543. The van der Waals surface area contributed by atoms with Crippen molar-refractivity contribution in [3.05, 3.63) is 0 Å². The van der Waals surface area contributed by atoms with Gasteiger partial charge in [0.1, 0.15) is 0 Å². The fourth-order valence-corrected chi connectivity index (χ4v) is 0. The molecule has 0 aliphatic rings. The maximum absolute atomic E-state index is 2.36. The van der Waals surface area contributed by atoms with Crippen molar-refractivity contribution in [1.29, 1.82) is 0 Å². The molecule has 0 aromatic heterocycles. The molecule has 0 unspecified atom stereocenters. The van der Waals surface area contributed by atoms with Crippen molar-refractivity contribution >= 4 is 49.0 Å². The Labute approximate surface area is 90.8 Å². The monoisotopic (exact) mass is 388 g/mol. The van der Waals surface area contributed by atoms with Gasteiger partial charge < -0.3 is 0 Å². The maximum atomic E-state index is 2.36. The summed E-state index contributed by atoms with van der Waals surface area (Å²) in [6.07, 6.45) is 0. The second-order valence-electron chi connectivity index (χ2n) is 3.50. The van der Waals surface area contributed by atoms with Crippen LogP contribution in [0.25, 0.3) is 0 Å². The Morgan fingerprint density at radius 3 is 0.636 bits per heavy atom. The summed E-state index contributed by atoms with van der Waals surface area (Å²) >= 11 is -1.09. The van der Waals surface area contributed by atoms with Gasteiger partial charge in [-0.3, -0.25) is 0 Å². The number of hydrogen-bond donors (Lipinski definition) is 0. The van der Waals surface area contributed by atoms with Crippen LogP contribution in [0.2, 0.25) is 42.7 Å². The van der Waals surface area contributed by atoms with E-state index < -0.39 is 39.5 Å². The van der Waals surface area contributed by atoms with Gasteiger partial charge in [-0.25, -0.2) is 0 Å². The van der Waals surface area contributed by atoms with E-state index in [1.165, 1.54) is 0 Å². The first-order valence-electron chi connectivity index (χ1n) is 4.00. The molecule has 0 nitrogen and oxygen atoms in total. The van der Waals surface area contributed by atoms with Crippen LogP contribution in [-0.2, 0) is 0 Å². The SMILES string of the molecule is C[Si]C.[CH3][Sn]([CH3])[CH3].[CH3][Sn]([CH3])[CH3]. The Hall–Kier alpha value is 1.81. The summed E-state index contributed by atoms with van der Waals surface area (Å²) in [4.78, 5) is 14.2. The summed E-state index contributed by atoms with van der Waals surface area (Å²) in [6.45, 7) is 4.31. The zero-order valence-electron chi connectivity index (χ0n) is 9.50. The van der Waals surface area contributed by atoms with Crippen molar-refractivity contribution in [3.63, 3.8) is 0 Å². The predicted octanol–water partition coefficient (Wildman–Crippen LogP) is 3.53. The quantitative estimate of drug-likeness (QED) is 0.560. The van der Waals surface area contributed by atoms with Gasteiger partial charge in [0, 0.05) is 9.52 Å². The molecule has 0 bridgehead atoms. The molecule has 11 heavy (non-hydrogen) atoms. The second kappa shape index (κ2) is 17.8. The van der Waals surface area contributed by atoms with E-state index in [0.717, 1.165) is 9.52 Å². The van der Waals surface area contributed by atoms with E-state index in [0.29, 0.717) is 0 Å². The average Bonchev–Trinajstić information content (AvgIpc) is 1.60. The molecule has 0 aliphatic heterocycles. The van der Waals surface area contributed by atoms with E-state index in [1.54, 1.807) is 0 Å². The summed E-state index contributed by atoms with van der Waals surface area (Å²) in [6, 6.07) is 0. The van der Waals surface area contributed by atoms with E-state index in [-0.39, 0.29) is 0 Å². The van der Waals surface area contributed by atoms with E-state index in [1.807, 2.05) is 0 Å². The molecule has 0 atom stereocenters. The summed E-state index contributed by atoms with van der Waals surface area (Å²) in [5.41, 5.74) is 0. The van der Waals surface area contributed by atoms with Gasteiger partial charge in [-0.05, 0) is 0 Å². The van der Waals surface area contributed by atoms with Crippen LogP contribution in [0.4, 0.5) is 0 Å². The van der Waals surface area contributed by atoms with Gasteiger partial charge in [0.15, 0.2) is 0 Å². The van der Waals surface area contributed by atoms with E-state index in [2.05, 4.69) is 42.7 Å². The zero-order chi connectivity index (χ0) is 9.86. The average molecular weight is 386 g/mol. The van der Waals surface area contributed by atoms with Crippen LogP contribution in [0.5, 0.6) is 0 Å². The molecule has 0 aromatic rings. The summed E-state index contributed by atoms with van der Waals surface area (Å²) in [5, 5.41) is 0. The Kier molecular flexibility index (Phi) is 30.0. The van der Waals surface area contributed by atoms with Crippen LogP contribution in [0, 0.1) is 0 Å². The van der Waals surface area contributed by atoms with Crippen LogP contribution in [0.15, 0.2) is 0 Å². The van der Waals surface area contributed by atoms with Crippen molar-refractivity contribution in [2.24, 2.45) is 0 Å². The first-order chi connectivity index (χ1) is 4.88. The third-order valence-electron chi connectivity index (χ3n) is 0. The van der Waals surface area contributed by atoms with E-state index in [4.69, 9.17) is 0 Å². The Balaban J connectivity index is -0.0000000886. The van der Waals surface area contributed by atoms with Gasteiger partial charge in [0.25, 0.3) is 0 Å². The van der Waals surface area contributed by atoms with E-state index in [9.17, 15) is 0 Å². The molecule has 4 radical (unpaired) electrons. The van der Waals surface area contributed by atoms with Crippen LogP contribution in [-0.4, -0.2) is 49.0 Å². The molecule has 0 amide bonds. The molecule has 0 saturated carbocycles. The van der Waals surface area contributed by atoms with Gasteiger partial charge >= 0.3 is 69.2 Å². The molecule has 0 aliphatic carbocycles. The normalized spacial score (nSPS) is 8.18. The van der Waals surface area contributed by atoms with Gasteiger partial charge in [-0.1, -0.05) is 13.1 Å². The third-order valence-corrected chi connectivity index (χ3v) is 0. The van der Waals surface area contributed by atoms with Crippen LogP contribution in [0.3, 0.4) is 0 Å². The molecule has 0 N–H and O–H groups in total. The van der Waals surface area contributed by atoms with Gasteiger partial charge in [-0.15, -0.1) is 0 Å². The van der Waals surface area contributed by atoms with Crippen LogP contribution in [0.1, 0.15) is 0 Å². The predicted molar refractivity (Wildman–Crippen MR) is 64.2 cm³/mol. The molecule has 0 saturated heterocycles. The van der Waals surface area contributed by atoms with Crippen molar-refractivity contribution < 1.29 is 0 Å². The molecule has 0 aromatic carbocycles. The fraction of sp³-hybridized carbons (Fsp3) is 1.00. The molecular weight excluding hydrogens is 362 g/mol. The minimum absolute atomic E-state index is 0.543. The van der Waals surface area contributed by atoms with Gasteiger partial charge in [0.2, 0.25) is 0 Å². The van der Waals surface area contributed by atoms with Crippen molar-refractivity contribution in [3.8, 4) is 0 Å². The standard InChI is InChI=1S/C2H6Si.6CH3.2Sn/c1-3-2;;;;;;;;/h1-2H3;6*1H3;;. The number of hydrogen-bond acceptors (Lipinski definition) is 0.